The molecule has 1 N–H and O–H groups in total. The second-order valence-corrected chi connectivity index (χ2v) is 8.75. The summed E-state index contributed by atoms with van der Waals surface area (Å²) >= 11 is 0. The minimum Gasteiger partial charge on any atom is -0.507 e. The van der Waals surface area contributed by atoms with Crippen molar-refractivity contribution in [1.82, 2.24) is 0 Å². The fourth-order valence-corrected chi connectivity index (χ4v) is 4.86. The van der Waals surface area contributed by atoms with Crippen LogP contribution in [0.2, 0.25) is 0 Å². The first-order valence-electron chi connectivity index (χ1n) is 10.8. The number of phenols is 1. The van der Waals surface area contributed by atoms with Crippen LogP contribution >= 0.6 is 0 Å². The van der Waals surface area contributed by atoms with Crippen molar-refractivity contribution in [2.75, 3.05) is 20.8 Å². The molecule has 2 bridgehead atoms. The Morgan fingerprint density at radius 1 is 1.09 bits per heavy atom. The van der Waals surface area contributed by atoms with Gasteiger partial charge in [-0.3, -0.25) is 9.59 Å². The van der Waals surface area contributed by atoms with Gasteiger partial charge in [0, 0.05) is 30.5 Å². The number of alkyl halides is 3. The van der Waals surface area contributed by atoms with Crippen molar-refractivity contribution in [3.8, 4) is 23.0 Å². The maximum Gasteiger partial charge on any atom is 0.411 e. The van der Waals surface area contributed by atoms with Gasteiger partial charge in [0.25, 0.3) is 0 Å². The van der Waals surface area contributed by atoms with E-state index in [0.29, 0.717) is 5.75 Å². The van der Waals surface area contributed by atoms with Crippen molar-refractivity contribution in [3.63, 3.8) is 0 Å². The average Bonchev–Trinajstić information content (AvgIpc) is 2.79. The smallest absolute Gasteiger partial charge is 0.411 e. The van der Waals surface area contributed by atoms with Gasteiger partial charge in [0.15, 0.2) is 5.78 Å². The number of aromatic hydroxyl groups is 1. The molecule has 0 aromatic heterocycles. The monoisotopic (exact) mass is 494 g/mol. The van der Waals surface area contributed by atoms with Gasteiger partial charge in [-0.05, 0) is 18.6 Å². The summed E-state index contributed by atoms with van der Waals surface area (Å²) in [6.45, 7) is 0.109. The van der Waals surface area contributed by atoms with Gasteiger partial charge in [0.2, 0.25) is 11.6 Å². The van der Waals surface area contributed by atoms with Crippen LogP contribution in [-0.4, -0.2) is 55.6 Å². The summed E-state index contributed by atoms with van der Waals surface area (Å²) in [4.78, 5) is 26.9. The summed E-state index contributed by atoms with van der Waals surface area (Å²) in [6.07, 6.45) is -6.38. The molecular weight excluding hydrogens is 473 g/mol. The van der Waals surface area contributed by atoms with Crippen LogP contribution in [0.5, 0.6) is 23.0 Å². The Labute approximate surface area is 197 Å². The predicted octanol–water partition coefficient (Wildman–Crippen LogP) is 4.09. The largest absolute Gasteiger partial charge is 0.507 e. The summed E-state index contributed by atoms with van der Waals surface area (Å²) in [6, 6.07) is 4.15. The Hall–Kier alpha value is -3.31. The summed E-state index contributed by atoms with van der Waals surface area (Å²) in [5.74, 6) is -2.66. The molecule has 1 fully saturated rings. The molecule has 0 saturated carbocycles. The average molecular weight is 494 g/mol. The van der Waals surface area contributed by atoms with Gasteiger partial charge in [-0.1, -0.05) is 0 Å². The van der Waals surface area contributed by atoms with Crippen LogP contribution in [0.15, 0.2) is 18.2 Å². The van der Waals surface area contributed by atoms with Crippen LogP contribution < -0.4 is 14.2 Å². The fourth-order valence-electron chi connectivity index (χ4n) is 4.86. The maximum absolute atomic E-state index is 13.5. The van der Waals surface area contributed by atoms with Crippen LogP contribution in [0.1, 0.15) is 63.3 Å². The molecule has 0 spiro atoms. The zero-order valence-corrected chi connectivity index (χ0v) is 18.9. The van der Waals surface area contributed by atoms with Crippen molar-refractivity contribution >= 4 is 11.6 Å². The first-order valence-corrected chi connectivity index (χ1v) is 10.8. The number of carbonyl (C=O) groups is 2. The molecule has 186 valence electrons. The van der Waals surface area contributed by atoms with Crippen LogP contribution in [0.4, 0.5) is 13.2 Å². The number of hydrogen-bond donors (Lipinski definition) is 1. The fraction of sp³-hybridized carbons (Fsp3) is 0.417. The van der Waals surface area contributed by atoms with Crippen molar-refractivity contribution in [2.45, 2.75) is 43.9 Å². The highest BCUT2D eigenvalue weighted by molar-refractivity contribution is 6.30. The second kappa shape index (κ2) is 7.85. The summed E-state index contributed by atoms with van der Waals surface area (Å²) < 4.78 is 65.9. The molecule has 0 amide bonds. The van der Waals surface area contributed by atoms with Gasteiger partial charge >= 0.3 is 6.18 Å². The molecule has 3 atom stereocenters. The number of phenolic OH excluding ortho intramolecular Hbond substituents is 1. The van der Waals surface area contributed by atoms with Crippen molar-refractivity contribution in [1.29, 1.82) is 0 Å². The van der Waals surface area contributed by atoms with Crippen LogP contribution in [0.3, 0.4) is 0 Å². The van der Waals surface area contributed by atoms with E-state index < -0.39 is 48.1 Å². The topological polar surface area (TPSA) is 101 Å². The number of benzene rings is 2. The molecule has 11 heteroatoms. The number of ketones is 2. The lowest BCUT2D eigenvalue weighted by molar-refractivity contribution is -0.287. The van der Waals surface area contributed by atoms with Gasteiger partial charge in [0.1, 0.15) is 35.7 Å². The van der Waals surface area contributed by atoms with Gasteiger partial charge in [-0.2, -0.15) is 13.2 Å². The summed E-state index contributed by atoms with van der Waals surface area (Å²) in [5, 5.41) is 11.2. The van der Waals surface area contributed by atoms with Gasteiger partial charge in [-0.25, -0.2) is 0 Å². The van der Waals surface area contributed by atoms with E-state index in [1.807, 2.05) is 0 Å². The van der Waals surface area contributed by atoms with E-state index in [1.165, 1.54) is 32.4 Å². The number of ether oxygens (including phenoxy) is 5. The molecule has 0 unspecified atom stereocenters. The zero-order chi connectivity index (χ0) is 25.3. The van der Waals surface area contributed by atoms with Crippen molar-refractivity contribution in [2.24, 2.45) is 0 Å². The highest BCUT2D eigenvalue weighted by atomic mass is 19.4. The number of carbonyl (C=O) groups excluding carboxylic acids is 2. The molecule has 1 saturated heterocycles. The molecule has 5 rings (SSSR count). The van der Waals surface area contributed by atoms with E-state index in [4.69, 9.17) is 23.7 Å². The summed E-state index contributed by atoms with van der Waals surface area (Å²) in [5.41, 5.74) is -0.476. The number of fused-ring (bicyclic) bond motifs is 6. The maximum atomic E-state index is 13.5. The number of rotatable bonds is 4. The number of methoxy groups -OCH3 is 2. The van der Waals surface area contributed by atoms with Crippen LogP contribution in [0.25, 0.3) is 0 Å². The van der Waals surface area contributed by atoms with E-state index >= 15 is 0 Å². The third-order valence-corrected chi connectivity index (χ3v) is 6.45. The first kappa shape index (κ1) is 23.4. The highest BCUT2D eigenvalue weighted by Gasteiger charge is 2.50. The molecule has 1 aliphatic carbocycles. The minimum absolute atomic E-state index is 0.0305. The third-order valence-electron chi connectivity index (χ3n) is 6.45. The van der Waals surface area contributed by atoms with E-state index in [9.17, 15) is 27.9 Å². The van der Waals surface area contributed by atoms with E-state index in [0.717, 1.165) is 0 Å². The highest BCUT2D eigenvalue weighted by Crippen LogP contribution is 2.54. The standard InChI is InChI=1S/C24H21F3O8/c1-23-5-4-13(33-9-24(25,26)27)22(35-23)18-15(34-23)8-12-17(21(18)30)20(29)16-11(19(12)28)6-10(31-2)7-14(16)32-3/h6-8,13,22,30H,4-5,9H2,1-3H3/t13-,22-,23+/m0/s1. The van der Waals surface area contributed by atoms with E-state index in [2.05, 4.69) is 0 Å². The predicted molar refractivity (Wildman–Crippen MR) is 112 cm³/mol. The lowest BCUT2D eigenvalue weighted by atomic mass is 9.79. The van der Waals surface area contributed by atoms with Crippen LogP contribution in [-0.2, 0) is 9.47 Å². The zero-order valence-electron chi connectivity index (χ0n) is 18.9. The molecule has 3 aliphatic rings. The Morgan fingerprint density at radius 2 is 1.80 bits per heavy atom. The Kier molecular flexibility index (Phi) is 5.26. The molecule has 2 aromatic rings. The SMILES string of the molecule is COc1cc(OC)c2c(c1)C(=O)c1cc3c(c(O)c1C2=O)[C@H]1O[C@](C)(CC[C@@H]1OCC(F)(F)F)O3. The second-order valence-electron chi connectivity index (χ2n) is 8.75. The third kappa shape index (κ3) is 3.69. The number of hydrogen-bond acceptors (Lipinski definition) is 8. The first-order chi connectivity index (χ1) is 16.5. The van der Waals surface area contributed by atoms with Gasteiger partial charge in [0.05, 0.1) is 37.0 Å². The lowest BCUT2D eigenvalue weighted by Crippen LogP contribution is -2.49. The Morgan fingerprint density at radius 3 is 2.46 bits per heavy atom. The number of halogens is 3. The minimum atomic E-state index is -4.56. The summed E-state index contributed by atoms with van der Waals surface area (Å²) in [7, 11) is 2.72. The van der Waals surface area contributed by atoms with Crippen molar-refractivity contribution < 1.29 is 51.6 Å². The van der Waals surface area contributed by atoms with Gasteiger partial charge in [-0.15, -0.1) is 0 Å². The molecule has 2 heterocycles. The quantitative estimate of drug-likeness (QED) is 0.579. The lowest BCUT2D eigenvalue weighted by Gasteiger charge is -2.47. The molecule has 8 nitrogen and oxygen atoms in total. The normalized spacial score (nSPS) is 24.7. The molecule has 35 heavy (non-hydrogen) atoms. The molecular formula is C24H21F3O8. The molecule has 0 radical (unpaired) electrons. The molecule has 2 aromatic carbocycles. The molecule has 2 aliphatic heterocycles. The van der Waals surface area contributed by atoms with E-state index in [1.54, 1.807) is 6.92 Å². The van der Waals surface area contributed by atoms with E-state index in [-0.39, 0.29) is 52.2 Å². The van der Waals surface area contributed by atoms with Crippen LogP contribution in [0, 0.1) is 0 Å². The Bertz CT molecular complexity index is 1250. The Balaban J connectivity index is 1.66. The van der Waals surface area contributed by atoms with Crippen molar-refractivity contribution in [3.05, 3.63) is 46.0 Å². The van der Waals surface area contributed by atoms with Gasteiger partial charge < -0.3 is 28.8 Å².